The van der Waals surface area contributed by atoms with E-state index in [1.54, 1.807) is 6.20 Å². The van der Waals surface area contributed by atoms with Crippen LogP contribution < -0.4 is 10.6 Å². The van der Waals surface area contributed by atoms with Crippen LogP contribution in [-0.4, -0.2) is 23.6 Å². The number of aromatic nitrogens is 1. The van der Waals surface area contributed by atoms with Gasteiger partial charge in [0.25, 0.3) is 0 Å². The Bertz CT molecular complexity index is 668. The van der Waals surface area contributed by atoms with Crippen LogP contribution in [0.25, 0.3) is 10.9 Å². The van der Waals surface area contributed by atoms with Crippen LogP contribution in [0.5, 0.6) is 0 Å². The van der Waals surface area contributed by atoms with E-state index in [2.05, 4.69) is 29.9 Å². The second kappa shape index (κ2) is 5.02. The van der Waals surface area contributed by atoms with Gasteiger partial charge in [0.05, 0.1) is 16.8 Å². The van der Waals surface area contributed by atoms with Crippen molar-refractivity contribution in [3.8, 4) is 0 Å². The van der Waals surface area contributed by atoms with Gasteiger partial charge in [-0.25, -0.2) is 0 Å². The van der Waals surface area contributed by atoms with Gasteiger partial charge in [-0.05, 0) is 24.3 Å². The molecule has 1 heterocycles. The lowest BCUT2D eigenvalue weighted by molar-refractivity contribution is 0.726. The summed E-state index contributed by atoms with van der Waals surface area (Å²) in [4.78, 5) is 7.16. The lowest BCUT2D eigenvalue weighted by Gasteiger charge is -2.24. The molecule has 1 aromatic heterocycles. The average Bonchev–Trinajstić information content (AvgIpc) is 3.12. The molecule has 1 aliphatic rings. The van der Waals surface area contributed by atoms with E-state index in [1.807, 2.05) is 18.2 Å². The predicted octanol–water partition coefficient (Wildman–Crippen LogP) is 2.96. The summed E-state index contributed by atoms with van der Waals surface area (Å²) in [5.41, 5.74) is 8.85. The highest BCUT2D eigenvalue weighted by Crippen LogP contribution is 2.40. The third kappa shape index (κ3) is 2.36. The molecule has 4 heteroatoms. The number of hydrogen-bond acceptors (Lipinski definition) is 3. The number of benzene rings is 1. The van der Waals surface area contributed by atoms with Crippen LogP contribution in [-0.2, 0) is 0 Å². The summed E-state index contributed by atoms with van der Waals surface area (Å²) >= 11 is 5.20. The Morgan fingerprint density at radius 2 is 2.15 bits per heavy atom. The predicted molar refractivity (Wildman–Crippen MR) is 88.2 cm³/mol. The number of nitrogens with two attached hydrogens (primary N) is 1. The largest absolute Gasteiger partial charge is 0.389 e. The van der Waals surface area contributed by atoms with Gasteiger partial charge >= 0.3 is 0 Å². The van der Waals surface area contributed by atoms with Gasteiger partial charge in [-0.15, -0.1) is 0 Å². The third-order valence-corrected chi connectivity index (χ3v) is 4.40. The molecular weight excluding hydrogens is 266 g/mol. The molecular formula is C16H19N3S. The molecule has 0 bridgehead atoms. The SMILES string of the molecule is CC1CC1CN(C)c1c(C(N)=S)cnc2ccccc12. The Morgan fingerprint density at radius 3 is 2.80 bits per heavy atom. The van der Waals surface area contributed by atoms with E-state index in [-0.39, 0.29) is 0 Å². The number of anilines is 1. The normalized spacial score (nSPS) is 20.9. The smallest absolute Gasteiger partial charge is 0.107 e. The molecule has 0 saturated heterocycles. The van der Waals surface area contributed by atoms with Gasteiger partial charge in [-0.2, -0.15) is 0 Å². The van der Waals surface area contributed by atoms with Crippen LogP contribution in [0.1, 0.15) is 18.9 Å². The molecule has 20 heavy (non-hydrogen) atoms. The quantitative estimate of drug-likeness (QED) is 0.877. The van der Waals surface area contributed by atoms with Crippen molar-refractivity contribution >= 4 is 33.8 Å². The van der Waals surface area contributed by atoms with E-state index in [4.69, 9.17) is 18.0 Å². The Labute approximate surface area is 124 Å². The molecule has 2 unspecified atom stereocenters. The van der Waals surface area contributed by atoms with Crippen LogP contribution in [0.15, 0.2) is 30.5 Å². The van der Waals surface area contributed by atoms with Crippen molar-refractivity contribution in [2.24, 2.45) is 17.6 Å². The minimum absolute atomic E-state index is 0.411. The first-order valence-corrected chi connectivity index (χ1v) is 7.37. The molecule has 3 nitrogen and oxygen atoms in total. The van der Waals surface area contributed by atoms with Crippen molar-refractivity contribution in [1.29, 1.82) is 0 Å². The van der Waals surface area contributed by atoms with Crippen molar-refractivity contribution in [2.75, 3.05) is 18.5 Å². The molecule has 0 aliphatic heterocycles. The van der Waals surface area contributed by atoms with Crippen molar-refractivity contribution in [3.63, 3.8) is 0 Å². The highest BCUT2D eigenvalue weighted by Gasteiger charge is 2.33. The summed E-state index contributed by atoms with van der Waals surface area (Å²) in [7, 11) is 2.12. The zero-order chi connectivity index (χ0) is 14.3. The topological polar surface area (TPSA) is 42.1 Å². The first-order valence-electron chi connectivity index (χ1n) is 6.96. The summed E-state index contributed by atoms with van der Waals surface area (Å²) in [6, 6.07) is 8.15. The molecule has 3 rings (SSSR count). The first-order chi connectivity index (χ1) is 9.58. The van der Waals surface area contributed by atoms with E-state index in [1.165, 1.54) is 6.42 Å². The van der Waals surface area contributed by atoms with Crippen molar-refractivity contribution < 1.29 is 0 Å². The maximum absolute atomic E-state index is 5.88. The van der Waals surface area contributed by atoms with Crippen molar-refractivity contribution in [1.82, 2.24) is 4.98 Å². The van der Waals surface area contributed by atoms with Crippen LogP contribution in [0.2, 0.25) is 0 Å². The maximum atomic E-state index is 5.88. The molecule has 2 aromatic rings. The average molecular weight is 285 g/mol. The number of para-hydroxylation sites is 1. The third-order valence-electron chi connectivity index (χ3n) is 4.18. The minimum atomic E-state index is 0.411. The number of hydrogen-bond donors (Lipinski definition) is 1. The number of nitrogens with zero attached hydrogens (tertiary/aromatic N) is 2. The van der Waals surface area contributed by atoms with Crippen LogP contribution >= 0.6 is 12.2 Å². The van der Waals surface area contributed by atoms with E-state index >= 15 is 0 Å². The second-order valence-corrected chi connectivity index (χ2v) is 6.20. The minimum Gasteiger partial charge on any atom is -0.389 e. The molecule has 0 spiro atoms. The van der Waals surface area contributed by atoms with E-state index in [0.29, 0.717) is 4.99 Å². The summed E-state index contributed by atoms with van der Waals surface area (Å²) < 4.78 is 0. The monoisotopic (exact) mass is 285 g/mol. The molecule has 2 atom stereocenters. The van der Waals surface area contributed by atoms with E-state index < -0.39 is 0 Å². The van der Waals surface area contributed by atoms with Gasteiger partial charge in [0.1, 0.15) is 4.99 Å². The lowest BCUT2D eigenvalue weighted by atomic mass is 10.1. The number of thiocarbonyl (C=S) groups is 1. The Balaban J connectivity index is 2.09. The number of fused-ring (bicyclic) bond motifs is 1. The van der Waals surface area contributed by atoms with Gasteiger partial charge in [0.15, 0.2) is 0 Å². The molecule has 104 valence electrons. The summed E-state index contributed by atoms with van der Waals surface area (Å²) in [5, 5.41) is 1.12. The van der Waals surface area contributed by atoms with Gasteiger partial charge in [0.2, 0.25) is 0 Å². The van der Waals surface area contributed by atoms with E-state index in [0.717, 1.165) is 40.5 Å². The van der Waals surface area contributed by atoms with Crippen LogP contribution in [0.4, 0.5) is 5.69 Å². The number of pyridine rings is 1. The molecule has 0 amide bonds. The molecule has 2 N–H and O–H groups in total. The fourth-order valence-corrected chi connectivity index (χ4v) is 2.96. The molecule has 1 aliphatic carbocycles. The Hall–Kier alpha value is -1.68. The zero-order valence-electron chi connectivity index (χ0n) is 11.8. The maximum Gasteiger partial charge on any atom is 0.107 e. The fraction of sp³-hybridized carbons (Fsp3) is 0.375. The van der Waals surface area contributed by atoms with Gasteiger partial charge < -0.3 is 10.6 Å². The van der Waals surface area contributed by atoms with Gasteiger partial charge in [0, 0.05) is 25.2 Å². The molecule has 1 saturated carbocycles. The zero-order valence-corrected chi connectivity index (χ0v) is 12.7. The van der Waals surface area contributed by atoms with Gasteiger partial charge in [-0.3, -0.25) is 4.98 Å². The highest BCUT2D eigenvalue weighted by atomic mass is 32.1. The Kier molecular flexibility index (Phi) is 3.34. The standard InChI is InChI=1S/C16H19N3S/c1-10-7-11(10)9-19(2)15-12-5-3-4-6-14(12)18-8-13(15)16(17)20/h3-6,8,10-11H,7,9H2,1-2H3,(H2,17,20). The number of rotatable bonds is 4. The summed E-state index contributed by atoms with van der Waals surface area (Å²) in [6.07, 6.45) is 3.11. The molecule has 1 fully saturated rings. The summed E-state index contributed by atoms with van der Waals surface area (Å²) in [5.74, 6) is 1.62. The van der Waals surface area contributed by atoms with Gasteiger partial charge in [-0.1, -0.05) is 37.3 Å². The van der Waals surface area contributed by atoms with E-state index in [9.17, 15) is 0 Å². The molecule has 1 aromatic carbocycles. The highest BCUT2D eigenvalue weighted by molar-refractivity contribution is 7.80. The fourth-order valence-electron chi connectivity index (χ4n) is 2.81. The first kappa shape index (κ1) is 13.3. The second-order valence-electron chi connectivity index (χ2n) is 5.76. The summed E-state index contributed by atoms with van der Waals surface area (Å²) in [6.45, 7) is 3.35. The van der Waals surface area contributed by atoms with Crippen LogP contribution in [0, 0.1) is 11.8 Å². The van der Waals surface area contributed by atoms with Crippen LogP contribution in [0.3, 0.4) is 0 Å². The molecule has 0 radical (unpaired) electrons. The Morgan fingerprint density at radius 1 is 1.45 bits per heavy atom. The lowest BCUT2D eigenvalue weighted by Crippen LogP contribution is -2.25. The van der Waals surface area contributed by atoms with Crippen molar-refractivity contribution in [3.05, 3.63) is 36.0 Å². The van der Waals surface area contributed by atoms with Crippen molar-refractivity contribution in [2.45, 2.75) is 13.3 Å².